The summed E-state index contributed by atoms with van der Waals surface area (Å²) in [5.74, 6) is -0.825. The fourth-order valence-corrected chi connectivity index (χ4v) is 7.54. The SMILES string of the molecule is CC(=O)[C@@]1(OC(=O)CCCO[N+](=O)[O-])CC[C@H]2[C@@H]3C=C(Cl)C4=CC(=O)OC[C@]4(C)[C@H]3CC[C@@]21C. The molecule has 0 saturated heterocycles. The predicted molar refractivity (Wildman–Crippen MR) is 120 cm³/mol. The Morgan fingerprint density at radius 1 is 1.26 bits per heavy atom. The Bertz CT molecular complexity index is 991. The minimum absolute atomic E-state index is 0.0543. The highest BCUT2D eigenvalue weighted by atomic mass is 35.5. The second-order valence-electron chi connectivity index (χ2n) is 10.4. The van der Waals surface area contributed by atoms with Gasteiger partial charge in [-0.2, -0.15) is 0 Å². The first-order chi connectivity index (χ1) is 15.9. The van der Waals surface area contributed by atoms with Gasteiger partial charge in [-0.15, -0.1) is 10.1 Å². The number of ketones is 1. The third-order valence-electron chi connectivity index (χ3n) is 8.84. The molecule has 9 nitrogen and oxygen atoms in total. The molecule has 3 aliphatic carbocycles. The number of carbonyl (C=O) groups excluding carboxylic acids is 3. The average Bonchev–Trinajstić information content (AvgIpc) is 3.06. The lowest BCUT2D eigenvalue weighted by Crippen LogP contribution is -2.58. The van der Waals surface area contributed by atoms with E-state index in [4.69, 9.17) is 21.1 Å². The van der Waals surface area contributed by atoms with Crippen molar-refractivity contribution in [3.63, 3.8) is 0 Å². The summed E-state index contributed by atoms with van der Waals surface area (Å²) in [6.07, 6.45) is 6.14. The number of ether oxygens (including phenoxy) is 2. The van der Waals surface area contributed by atoms with Crippen LogP contribution in [0.5, 0.6) is 0 Å². The molecular formula is C24H30ClNO8. The number of nitrogens with zero attached hydrogens (tertiary/aromatic N) is 1. The van der Waals surface area contributed by atoms with Crippen LogP contribution in [-0.4, -0.2) is 41.6 Å². The average molecular weight is 496 g/mol. The topological polar surface area (TPSA) is 122 Å². The number of rotatable bonds is 7. The summed E-state index contributed by atoms with van der Waals surface area (Å²) in [7, 11) is 0. The molecule has 0 aromatic heterocycles. The summed E-state index contributed by atoms with van der Waals surface area (Å²) < 4.78 is 11.3. The standard InChI is InChI=1S/C24H30ClNO8/c1-14(27)24(34-20(28)5-4-10-33-26(30)31)9-7-17-15-11-19(25)18-12-21(29)32-13-22(18,2)16(15)6-8-23(17,24)3/h11-12,15-17H,4-10,13H2,1-3H3/t15-,16+,17+,22-,23+,24+/m1/s1. The molecule has 10 heteroatoms. The second kappa shape index (κ2) is 8.66. The number of carbonyl (C=O) groups is 3. The molecule has 4 aliphatic rings. The normalized spacial score (nSPS) is 38.4. The van der Waals surface area contributed by atoms with Crippen LogP contribution in [0.1, 0.15) is 59.3 Å². The molecule has 186 valence electrons. The molecular weight excluding hydrogens is 466 g/mol. The van der Waals surface area contributed by atoms with Gasteiger partial charge in [-0.25, -0.2) is 4.79 Å². The first kappa shape index (κ1) is 24.7. The Hall–Kier alpha value is -2.42. The molecule has 1 aliphatic heterocycles. The van der Waals surface area contributed by atoms with Gasteiger partial charge in [-0.1, -0.05) is 31.5 Å². The van der Waals surface area contributed by atoms with Gasteiger partial charge in [0.1, 0.15) is 6.61 Å². The van der Waals surface area contributed by atoms with E-state index in [1.165, 1.54) is 13.0 Å². The smallest absolute Gasteiger partial charge is 0.331 e. The highest BCUT2D eigenvalue weighted by molar-refractivity contribution is 6.32. The summed E-state index contributed by atoms with van der Waals surface area (Å²) in [4.78, 5) is 52.2. The van der Waals surface area contributed by atoms with E-state index in [2.05, 4.69) is 11.8 Å². The summed E-state index contributed by atoms with van der Waals surface area (Å²) in [6.45, 7) is 5.64. The van der Waals surface area contributed by atoms with Crippen LogP contribution in [0.25, 0.3) is 0 Å². The molecule has 0 spiro atoms. The molecule has 0 radical (unpaired) electrons. The Kier molecular flexibility index (Phi) is 6.29. The first-order valence-corrected chi connectivity index (χ1v) is 12.1. The lowest BCUT2D eigenvalue weighted by molar-refractivity contribution is -0.757. The zero-order valence-electron chi connectivity index (χ0n) is 19.6. The van der Waals surface area contributed by atoms with Crippen molar-refractivity contribution in [2.45, 2.75) is 64.9 Å². The number of allylic oxidation sites excluding steroid dienone is 2. The fraction of sp³-hybridized carbons (Fsp3) is 0.708. The molecule has 0 bridgehead atoms. The molecule has 1 heterocycles. The summed E-state index contributed by atoms with van der Waals surface area (Å²) in [5, 5.41) is 9.95. The Balaban J connectivity index is 1.60. The van der Waals surface area contributed by atoms with Crippen molar-refractivity contribution >= 4 is 29.3 Å². The minimum atomic E-state index is -1.25. The molecule has 0 aromatic carbocycles. The fourth-order valence-electron chi connectivity index (χ4n) is 7.12. The van der Waals surface area contributed by atoms with Crippen molar-refractivity contribution < 1.29 is 33.8 Å². The van der Waals surface area contributed by atoms with Crippen LogP contribution >= 0.6 is 11.6 Å². The zero-order chi connectivity index (χ0) is 24.9. The third kappa shape index (κ3) is 3.72. The van der Waals surface area contributed by atoms with Crippen molar-refractivity contribution in [1.82, 2.24) is 0 Å². The Morgan fingerprint density at radius 2 is 1.97 bits per heavy atom. The van der Waals surface area contributed by atoms with Crippen molar-refractivity contribution in [3.05, 3.63) is 32.9 Å². The maximum Gasteiger partial charge on any atom is 0.331 e. The van der Waals surface area contributed by atoms with E-state index in [-0.39, 0.29) is 55.6 Å². The van der Waals surface area contributed by atoms with E-state index in [0.717, 1.165) is 12.0 Å². The predicted octanol–water partition coefficient (Wildman–Crippen LogP) is 3.91. The number of halogens is 1. The molecule has 0 N–H and O–H groups in total. The van der Waals surface area contributed by atoms with Gasteiger partial charge in [0.15, 0.2) is 11.4 Å². The molecule has 4 rings (SSSR count). The van der Waals surface area contributed by atoms with Gasteiger partial charge in [-0.05, 0) is 62.4 Å². The minimum Gasteiger partial charge on any atom is -0.462 e. The monoisotopic (exact) mass is 495 g/mol. The second-order valence-corrected chi connectivity index (χ2v) is 10.8. The van der Waals surface area contributed by atoms with E-state index >= 15 is 0 Å². The van der Waals surface area contributed by atoms with Crippen LogP contribution in [0.3, 0.4) is 0 Å². The third-order valence-corrected chi connectivity index (χ3v) is 9.17. The van der Waals surface area contributed by atoms with Crippen molar-refractivity contribution in [3.8, 4) is 0 Å². The quantitative estimate of drug-likeness (QED) is 0.225. The number of cyclic esters (lactones) is 1. The number of hydrogen-bond donors (Lipinski definition) is 0. The first-order valence-electron chi connectivity index (χ1n) is 11.7. The molecule has 2 saturated carbocycles. The highest BCUT2D eigenvalue weighted by Crippen LogP contribution is 2.67. The largest absolute Gasteiger partial charge is 0.462 e. The molecule has 0 unspecified atom stereocenters. The van der Waals surface area contributed by atoms with Crippen LogP contribution in [-0.2, 0) is 28.7 Å². The van der Waals surface area contributed by atoms with E-state index in [0.29, 0.717) is 24.3 Å². The van der Waals surface area contributed by atoms with Crippen molar-refractivity contribution in [1.29, 1.82) is 0 Å². The molecule has 0 aromatic rings. The lowest BCUT2D eigenvalue weighted by atomic mass is 9.49. The molecule has 6 atom stereocenters. The number of fused-ring (bicyclic) bond motifs is 5. The van der Waals surface area contributed by atoms with Crippen molar-refractivity contribution in [2.24, 2.45) is 28.6 Å². The van der Waals surface area contributed by atoms with Gasteiger partial charge in [0.05, 0.1) is 6.61 Å². The van der Waals surface area contributed by atoms with Gasteiger partial charge >= 0.3 is 11.9 Å². The van der Waals surface area contributed by atoms with Crippen LogP contribution in [0.15, 0.2) is 22.8 Å². The van der Waals surface area contributed by atoms with Gasteiger partial charge in [-0.3, -0.25) is 9.59 Å². The number of Topliss-reactive ketones (excluding diaryl/α,β-unsaturated/α-hetero) is 1. The van der Waals surface area contributed by atoms with Crippen LogP contribution < -0.4 is 0 Å². The van der Waals surface area contributed by atoms with E-state index < -0.39 is 27.5 Å². The molecule has 34 heavy (non-hydrogen) atoms. The maximum atomic E-state index is 13.0. The van der Waals surface area contributed by atoms with Gasteiger partial charge in [0, 0.05) is 28.4 Å². The molecule has 0 amide bonds. The summed E-state index contributed by atoms with van der Waals surface area (Å²) >= 11 is 6.68. The van der Waals surface area contributed by atoms with Crippen LogP contribution in [0, 0.1) is 38.7 Å². The summed E-state index contributed by atoms with van der Waals surface area (Å²) in [5.41, 5.74) is -1.42. The number of hydrogen-bond acceptors (Lipinski definition) is 8. The highest BCUT2D eigenvalue weighted by Gasteiger charge is 2.68. The van der Waals surface area contributed by atoms with Gasteiger partial charge < -0.3 is 14.3 Å². The molecule has 2 fully saturated rings. The summed E-state index contributed by atoms with van der Waals surface area (Å²) in [6, 6.07) is 0. The van der Waals surface area contributed by atoms with Gasteiger partial charge in [0.25, 0.3) is 5.09 Å². The Morgan fingerprint density at radius 3 is 2.65 bits per heavy atom. The van der Waals surface area contributed by atoms with Crippen molar-refractivity contribution in [2.75, 3.05) is 13.2 Å². The van der Waals surface area contributed by atoms with E-state index in [1.807, 2.05) is 13.0 Å². The van der Waals surface area contributed by atoms with E-state index in [1.54, 1.807) is 0 Å². The lowest BCUT2D eigenvalue weighted by Gasteiger charge is -2.57. The zero-order valence-corrected chi connectivity index (χ0v) is 20.4. The van der Waals surface area contributed by atoms with E-state index in [9.17, 15) is 24.5 Å². The Labute approximate surface area is 202 Å². The maximum absolute atomic E-state index is 13.0. The van der Waals surface area contributed by atoms with Crippen LogP contribution in [0.2, 0.25) is 0 Å². The van der Waals surface area contributed by atoms with Gasteiger partial charge in [0.2, 0.25) is 0 Å². The number of esters is 2. The van der Waals surface area contributed by atoms with Crippen LogP contribution in [0.4, 0.5) is 0 Å².